The first-order valence-corrected chi connectivity index (χ1v) is 8.77. The van der Waals surface area contributed by atoms with Crippen LogP contribution in [0.25, 0.3) is 0 Å². The fraction of sp³-hybridized carbons (Fsp3) is 0.500. The minimum atomic E-state index is -3.32. The van der Waals surface area contributed by atoms with Crippen LogP contribution in [0.2, 0.25) is 0 Å². The summed E-state index contributed by atoms with van der Waals surface area (Å²) in [5, 5.41) is 2.74. The van der Waals surface area contributed by atoms with E-state index < -0.39 is 16.1 Å². The van der Waals surface area contributed by atoms with Crippen LogP contribution in [-0.4, -0.2) is 26.6 Å². The SMILES string of the molecule is CCCC[C@H](N)C(=O)Nc1ccc(NS(C)(=O)=O)c(C)c1. The van der Waals surface area contributed by atoms with E-state index in [0.717, 1.165) is 24.7 Å². The molecule has 1 rings (SSSR count). The van der Waals surface area contributed by atoms with Crippen molar-refractivity contribution in [3.05, 3.63) is 23.8 Å². The van der Waals surface area contributed by atoms with Crippen LogP contribution in [0.15, 0.2) is 18.2 Å². The number of benzene rings is 1. The van der Waals surface area contributed by atoms with Crippen molar-refractivity contribution >= 4 is 27.3 Å². The van der Waals surface area contributed by atoms with Crippen LogP contribution in [0.1, 0.15) is 31.7 Å². The van der Waals surface area contributed by atoms with Gasteiger partial charge in [0, 0.05) is 5.69 Å². The lowest BCUT2D eigenvalue weighted by atomic mass is 10.1. The molecule has 0 fully saturated rings. The summed E-state index contributed by atoms with van der Waals surface area (Å²) in [6, 6.07) is 4.44. The molecule has 1 aromatic rings. The Labute approximate surface area is 126 Å². The lowest BCUT2D eigenvalue weighted by Crippen LogP contribution is -2.35. The highest BCUT2D eigenvalue weighted by atomic mass is 32.2. The van der Waals surface area contributed by atoms with Gasteiger partial charge in [-0.2, -0.15) is 0 Å². The normalized spacial score (nSPS) is 12.8. The maximum atomic E-state index is 11.9. The monoisotopic (exact) mass is 313 g/mol. The molecule has 0 aliphatic heterocycles. The fourth-order valence-corrected chi connectivity index (χ4v) is 2.47. The van der Waals surface area contributed by atoms with E-state index in [2.05, 4.69) is 10.0 Å². The summed E-state index contributed by atoms with van der Waals surface area (Å²) >= 11 is 0. The number of hydrogen-bond donors (Lipinski definition) is 3. The van der Waals surface area contributed by atoms with Gasteiger partial charge < -0.3 is 11.1 Å². The van der Waals surface area contributed by atoms with E-state index in [1.807, 2.05) is 6.92 Å². The zero-order valence-corrected chi connectivity index (χ0v) is 13.5. The zero-order chi connectivity index (χ0) is 16.0. The second-order valence-electron chi connectivity index (χ2n) is 5.14. The van der Waals surface area contributed by atoms with Gasteiger partial charge in [0.25, 0.3) is 0 Å². The number of carbonyl (C=O) groups excluding carboxylic acids is 1. The lowest BCUT2D eigenvalue weighted by Gasteiger charge is -2.13. The van der Waals surface area contributed by atoms with Gasteiger partial charge in [-0.25, -0.2) is 8.42 Å². The number of aryl methyl sites for hydroxylation is 1. The maximum Gasteiger partial charge on any atom is 0.241 e. The highest BCUT2D eigenvalue weighted by molar-refractivity contribution is 7.92. The first kappa shape index (κ1) is 17.5. The third kappa shape index (κ3) is 6.14. The number of hydrogen-bond acceptors (Lipinski definition) is 4. The predicted molar refractivity (Wildman–Crippen MR) is 85.8 cm³/mol. The van der Waals surface area contributed by atoms with E-state index in [9.17, 15) is 13.2 Å². The van der Waals surface area contributed by atoms with Crippen LogP contribution >= 0.6 is 0 Å². The summed E-state index contributed by atoms with van der Waals surface area (Å²) in [5.41, 5.74) is 7.61. The summed E-state index contributed by atoms with van der Waals surface area (Å²) in [5.74, 6) is -0.230. The number of anilines is 2. The number of nitrogens with two attached hydrogens (primary N) is 1. The molecule has 118 valence electrons. The van der Waals surface area contributed by atoms with Gasteiger partial charge in [0.1, 0.15) is 0 Å². The van der Waals surface area contributed by atoms with E-state index in [-0.39, 0.29) is 5.91 Å². The van der Waals surface area contributed by atoms with Crippen molar-refractivity contribution < 1.29 is 13.2 Å². The fourth-order valence-electron chi connectivity index (χ4n) is 1.85. The minimum Gasteiger partial charge on any atom is -0.325 e. The molecule has 0 spiro atoms. The Balaban J connectivity index is 2.73. The van der Waals surface area contributed by atoms with Gasteiger partial charge >= 0.3 is 0 Å². The van der Waals surface area contributed by atoms with Crippen LogP contribution < -0.4 is 15.8 Å². The molecule has 0 aliphatic rings. The van der Waals surface area contributed by atoms with Crippen molar-refractivity contribution in [3.63, 3.8) is 0 Å². The minimum absolute atomic E-state index is 0.230. The molecule has 1 atom stereocenters. The number of unbranched alkanes of at least 4 members (excludes halogenated alkanes) is 1. The molecule has 4 N–H and O–H groups in total. The third-order valence-corrected chi connectivity index (χ3v) is 3.59. The summed E-state index contributed by atoms with van der Waals surface area (Å²) < 4.78 is 24.8. The van der Waals surface area contributed by atoms with E-state index in [1.165, 1.54) is 0 Å². The molecule has 0 bridgehead atoms. The van der Waals surface area contributed by atoms with Crippen molar-refractivity contribution in [1.82, 2.24) is 0 Å². The Bertz CT molecular complexity index is 599. The summed E-state index contributed by atoms with van der Waals surface area (Å²) in [6.07, 6.45) is 3.64. The van der Waals surface area contributed by atoms with E-state index in [0.29, 0.717) is 17.8 Å². The molecule has 0 saturated carbocycles. The third-order valence-electron chi connectivity index (χ3n) is 2.99. The Kier molecular flexibility index (Phi) is 6.17. The van der Waals surface area contributed by atoms with E-state index in [4.69, 9.17) is 5.73 Å². The Hall–Kier alpha value is -1.60. The van der Waals surface area contributed by atoms with E-state index >= 15 is 0 Å². The largest absolute Gasteiger partial charge is 0.325 e. The standard InChI is InChI=1S/C14H23N3O3S/c1-4-5-6-12(15)14(18)16-11-7-8-13(10(2)9-11)17-21(3,19)20/h7-9,12,17H,4-6,15H2,1-3H3,(H,16,18)/t12-/m0/s1. The summed E-state index contributed by atoms with van der Waals surface area (Å²) in [7, 11) is -3.32. The number of sulfonamides is 1. The molecule has 1 aromatic carbocycles. The van der Waals surface area contributed by atoms with Crippen molar-refractivity contribution in [1.29, 1.82) is 0 Å². The van der Waals surface area contributed by atoms with E-state index in [1.54, 1.807) is 25.1 Å². The van der Waals surface area contributed by atoms with Gasteiger partial charge in [-0.15, -0.1) is 0 Å². The van der Waals surface area contributed by atoms with Crippen LogP contribution in [-0.2, 0) is 14.8 Å². The second kappa shape index (κ2) is 7.42. The number of carbonyl (C=O) groups is 1. The van der Waals surface area contributed by atoms with Gasteiger partial charge in [0.15, 0.2) is 0 Å². The first-order chi connectivity index (χ1) is 9.73. The van der Waals surface area contributed by atoms with Crippen molar-refractivity contribution in [2.75, 3.05) is 16.3 Å². The molecule has 0 heterocycles. The maximum absolute atomic E-state index is 11.9. The molecule has 0 saturated heterocycles. The topological polar surface area (TPSA) is 101 Å². The molecule has 7 heteroatoms. The average molecular weight is 313 g/mol. The Morgan fingerprint density at radius 1 is 1.38 bits per heavy atom. The van der Waals surface area contributed by atoms with Crippen molar-refractivity contribution in [3.8, 4) is 0 Å². The van der Waals surface area contributed by atoms with Crippen LogP contribution in [0.4, 0.5) is 11.4 Å². The van der Waals surface area contributed by atoms with Gasteiger partial charge in [-0.05, 0) is 37.1 Å². The smallest absolute Gasteiger partial charge is 0.241 e. The van der Waals surface area contributed by atoms with Crippen molar-refractivity contribution in [2.24, 2.45) is 5.73 Å². The van der Waals surface area contributed by atoms with Gasteiger partial charge in [-0.1, -0.05) is 19.8 Å². The molecule has 21 heavy (non-hydrogen) atoms. The highest BCUT2D eigenvalue weighted by Crippen LogP contribution is 2.20. The number of rotatable bonds is 7. The molecule has 6 nitrogen and oxygen atoms in total. The van der Waals surface area contributed by atoms with Crippen LogP contribution in [0.3, 0.4) is 0 Å². The zero-order valence-electron chi connectivity index (χ0n) is 12.6. The lowest BCUT2D eigenvalue weighted by molar-refractivity contribution is -0.117. The molecular weight excluding hydrogens is 290 g/mol. The number of amides is 1. The van der Waals surface area contributed by atoms with Crippen LogP contribution in [0.5, 0.6) is 0 Å². The molecule has 0 unspecified atom stereocenters. The highest BCUT2D eigenvalue weighted by Gasteiger charge is 2.13. The summed E-state index contributed by atoms with van der Waals surface area (Å²) in [4.78, 5) is 11.9. The number of nitrogens with one attached hydrogen (secondary N) is 2. The van der Waals surface area contributed by atoms with Gasteiger partial charge in [0.2, 0.25) is 15.9 Å². The molecule has 1 amide bonds. The second-order valence-corrected chi connectivity index (χ2v) is 6.89. The Morgan fingerprint density at radius 2 is 2.05 bits per heavy atom. The average Bonchev–Trinajstić information content (AvgIpc) is 2.37. The quantitative estimate of drug-likeness (QED) is 0.714. The van der Waals surface area contributed by atoms with Gasteiger partial charge in [0.05, 0.1) is 18.0 Å². The van der Waals surface area contributed by atoms with Crippen LogP contribution in [0, 0.1) is 6.92 Å². The van der Waals surface area contributed by atoms with Crippen molar-refractivity contribution in [2.45, 2.75) is 39.2 Å². The molecular formula is C14H23N3O3S. The molecule has 0 aromatic heterocycles. The van der Waals surface area contributed by atoms with Gasteiger partial charge in [-0.3, -0.25) is 9.52 Å². The molecule has 0 radical (unpaired) electrons. The molecule has 0 aliphatic carbocycles. The summed E-state index contributed by atoms with van der Waals surface area (Å²) in [6.45, 7) is 3.81. The first-order valence-electron chi connectivity index (χ1n) is 6.88. The predicted octanol–water partition coefficient (Wildman–Crippen LogP) is 1.82. The Morgan fingerprint density at radius 3 is 2.57 bits per heavy atom.